The third-order valence-corrected chi connectivity index (χ3v) is 5.32. The summed E-state index contributed by atoms with van der Waals surface area (Å²) in [7, 11) is 0. The number of nitrogens with zero attached hydrogens (tertiary/aromatic N) is 2. The van der Waals surface area contributed by atoms with Gasteiger partial charge in [0.05, 0.1) is 12.1 Å². The Hall–Kier alpha value is -3.70. The van der Waals surface area contributed by atoms with E-state index in [0.717, 1.165) is 22.3 Å². The number of hydrogen-bond acceptors (Lipinski definition) is 3. The van der Waals surface area contributed by atoms with E-state index in [1.807, 2.05) is 54.6 Å². The summed E-state index contributed by atoms with van der Waals surface area (Å²) in [6.45, 7) is 0.930. The molecule has 2 heterocycles. The van der Waals surface area contributed by atoms with Crippen molar-refractivity contribution in [2.45, 2.75) is 19.5 Å². The van der Waals surface area contributed by atoms with Crippen molar-refractivity contribution in [3.63, 3.8) is 0 Å². The van der Waals surface area contributed by atoms with Gasteiger partial charge in [0.2, 0.25) is 0 Å². The second kappa shape index (κ2) is 10.1. The number of halogens is 1. The Kier molecular flexibility index (Phi) is 6.78. The number of amides is 1. The van der Waals surface area contributed by atoms with Crippen molar-refractivity contribution in [2.75, 3.05) is 0 Å². The minimum Gasteiger partial charge on any atom is -0.348 e. The number of hydrogen-bond donors (Lipinski definition) is 1. The standard InChI is InChI=1S/C26H22ClN3O2/c27-24-5-3-4-21(14-24)16-29-26(32)23-13-22(15-28-17-23)12-19-7-9-20(10-8-19)18-30-11-2-1-6-25(30)31/h1-11,13-15,17H,12,16,18H2,(H,29,32). The molecular weight excluding hydrogens is 422 g/mol. The summed E-state index contributed by atoms with van der Waals surface area (Å²) >= 11 is 5.99. The number of nitrogens with one attached hydrogen (secondary N) is 1. The number of benzene rings is 2. The molecule has 2 aromatic carbocycles. The van der Waals surface area contributed by atoms with E-state index < -0.39 is 0 Å². The van der Waals surface area contributed by atoms with Crippen molar-refractivity contribution in [1.29, 1.82) is 0 Å². The SMILES string of the molecule is O=C(NCc1cccc(Cl)c1)c1cncc(Cc2ccc(Cn3ccccc3=O)cc2)c1. The molecule has 6 heteroatoms. The average molecular weight is 444 g/mol. The fourth-order valence-electron chi connectivity index (χ4n) is 3.43. The molecule has 1 amide bonds. The lowest BCUT2D eigenvalue weighted by atomic mass is 10.0. The smallest absolute Gasteiger partial charge is 0.253 e. The summed E-state index contributed by atoms with van der Waals surface area (Å²) < 4.78 is 1.67. The highest BCUT2D eigenvalue weighted by molar-refractivity contribution is 6.30. The van der Waals surface area contributed by atoms with Crippen molar-refractivity contribution < 1.29 is 4.79 Å². The topological polar surface area (TPSA) is 64.0 Å². The van der Waals surface area contributed by atoms with Crippen molar-refractivity contribution in [3.05, 3.63) is 135 Å². The minimum absolute atomic E-state index is 0.0203. The van der Waals surface area contributed by atoms with Gasteiger partial charge in [-0.1, -0.05) is 54.1 Å². The van der Waals surface area contributed by atoms with Gasteiger partial charge in [-0.05, 0) is 52.9 Å². The molecular formula is C26H22ClN3O2. The number of carbonyl (C=O) groups is 1. The fraction of sp³-hybridized carbons (Fsp3) is 0.115. The molecule has 0 fully saturated rings. The van der Waals surface area contributed by atoms with Crippen LogP contribution in [0.4, 0.5) is 0 Å². The monoisotopic (exact) mass is 443 g/mol. The van der Waals surface area contributed by atoms with Gasteiger partial charge < -0.3 is 9.88 Å². The van der Waals surface area contributed by atoms with E-state index in [9.17, 15) is 9.59 Å². The maximum atomic E-state index is 12.5. The molecule has 0 radical (unpaired) electrons. The van der Waals surface area contributed by atoms with Crippen LogP contribution in [0.2, 0.25) is 5.02 Å². The molecule has 1 N–H and O–H groups in total. The third kappa shape index (κ3) is 5.71. The van der Waals surface area contributed by atoms with Crippen LogP contribution in [0.5, 0.6) is 0 Å². The largest absolute Gasteiger partial charge is 0.348 e. The Labute approximate surface area is 191 Å². The Bertz CT molecular complexity index is 1280. The lowest BCUT2D eigenvalue weighted by molar-refractivity contribution is 0.0950. The maximum absolute atomic E-state index is 12.5. The van der Waals surface area contributed by atoms with Crippen LogP contribution in [0.3, 0.4) is 0 Å². The van der Waals surface area contributed by atoms with Crippen LogP contribution in [0.15, 0.2) is 96.2 Å². The maximum Gasteiger partial charge on any atom is 0.253 e. The lowest BCUT2D eigenvalue weighted by Gasteiger charge is -2.09. The molecule has 5 nitrogen and oxygen atoms in total. The summed E-state index contributed by atoms with van der Waals surface area (Å²) in [5, 5.41) is 3.54. The van der Waals surface area contributed by atoms with E-state index in [1.165, 1.54) is 0 Å². The van der Waals surface area contributed by atoms with Crippen molar-refractivity contribution >= 4 is 17.5 Å². The van der Waals surface area contributed by atoms with E-state index in [4.69, 9.17) is 11.6 Å². The van der Waals surface area contributed by atoms with Gasteiger partial charge in [0.25, 0.3) is 11.5 Å². The summed E-state index contributed by atoms with van der Waals surface area (Å²) in [5.74, 6) is -0.178. The quantitative estimate of drug-likeness (QED) is 0.458. The molecule has 0 atom stereocenters. The number of carbonyl (C=O) groups excluding carboxylic acids is 1. The molecule has 160 valence electrons. The first-order valence-corrected chi connectivity index (χ1v) is 10.6. The van der Waals surface area contributed by atoms with Gasteiger partial charge in [0, 0.05) is 36.2 Å². The van der Waals surface area contributed by atoms with Gasteiger partial charge >= 0.3 is 0 Å². The highest BCUT2D eigenvalue weighted by Crippen LogP contribution is 2.13. The average Bonchev–Trinajstić information content (AvgIpc) is 2.80. The molecule has 4 aromatic rings. The zero-order valence-corrected chi connectivity index (χ0v) is 18.1. The lowest BCUT2D eigenvalue weighted by Crippen LogP contribution is -2.23. The van der Waals surface area contributed by atoms with Gasteiger partial charge in [-0.25, -0.2) is 0 Å². The molecule has 0 bridgehead atoms. The number of pyridine rings is 2. The predicted octanol–water partition coefficient (Wildman–Crippen LogP) is 4.47. The van der Waals surface area contributed by atoms with Crippen LogP contribution in [0.25, 0.3) is 0 Å². The predicted molar refractivity (Wildman–Crippen MR) is 126 cm³/mol. The van der Waals surface area contributed by atoms with E-state index in [1.54, 1.807) is 41.4 Å². The first-order chi connectivity index (χ1) is 15.6. The fourth-order valence-corrected chi connectivity index (χ4v) is 3.64. The van der Waals surface area contributed by atoms with Crippen LogP contribution >= 0.6 is 11.6 Å². The first kappa shape index (κ1) is 21.5. The van der Waals surface area contributed by atoms with Gasteiger partial charge in [0.1, 0.15) is 0 Å². The van der Waals surface area contributed by atoms with Gasteiger partial charge in [0.15, 0.2) is 0 Å². The Balaban J connectivity index is 1.38. The molecule has 4 rings (SSSR count). The van der Waals surface area contributed by atoms with Gasteiger partial charge in [-0.15, -0.1) is 0 Å². The molecule has 0 saturated carbocycles. The zero-order chi connectivity index (χ0) is 22.3. The van der Waals surface area contributed by atoms with Gasteiger partial charge in [-0.3, -0.25) is 14.6 Å². The Morgan fingerprint density at radius 2 is 1.69 bits per heavy atom. The van der Waals surface area contributed by atoms with Crippen LogP contribution in [-0.2, 0) is 19.5 Å². The molecule has 0 spiro atoms. The van der Waals surface area contributed by atoms with E-state index in [0.29, 0.717) is 30.1 Å². The van der Waals surface area contributed by atoms with Crippen LogP contribution in [0, 0.1) is 0 Å². The van der Waals surface area contributed by atoms with E-state index in [-0.39, 0.29) is 11.5 Å². The molecule has 2 aromatic heterocycles. The molecule has 0 aliphatic rings. The molecule has 32 heavy (non-hydrogen) atoms. The summed E-state index contributed by atoms with van der Waals surface area (Å²) in [5.41, 5.74) is 4.54. The molecule has 0 aliphatic carbocycles. The van der Waals surface area contributed by atoms with Crippen LogP contribution in [-0.4, -0.2) is 15.5 Å². The number of rotatable bonds is 7. The summed E-state index contributed by atoms with van der Waals surface area (Å²) in [6.07, 6.45) is 5.78. The van der Waals surface area contributed by atoms with Crippen molar-refractivity contribution in [1.82, 2.24) is 14.9 Å². The third-order valence-electron chi connectivity index (χ3n) is 5.08. The molecule has 0 unspecified atom stereocenters. The van der Waals surface area contributed by atoms with Crippen molar-refractivity contribution in [2.24, 2.45) is 0 Å². The second-order valence-electron chi connectivity index (χ2n) is 7.55. The molecule has 0 aliphatic heterocycles. The highest BCUT2D eigenvalue weighted by atomic mass is 35.5. The van der Waals surface area contributed by atoms with E-state index >= 15 is 0 Å². The normalized spacial score (nSPS) is 10.7. The van der Waals surface area contributed by atoms with Crippen molar-refractivity contribution in [3.8, 4) is 0 Å². The number of aromatic nitrogens is 2. The van der Waals surface area contributed by atoms with Crippen LogP contribution < -0.4 is 10.9 Å². The van der Waals surface area contributed by atoms with E-state index in [2.05, 4.69) is 10.3 Å². The Morgan fingerprint density at radius 1 is 0.875 bits per heavy atom. The summed E-state index contributed by atoms with van der Waals surface area (Å²) in [4.78, 5) is 28.7. The van der Waals surface area contributed by atoms with Crippen LogP contribution in [0.1, 0.15) is 32.6 Å². The first-order valence-electron chi connectivity index (χ1n) is 10.3. The minimum atomic E-state index is -0.178. The second-order valence-corrected chi connectivity index (χ2v) is 7.99. The Morgan fingerprint density at radius 3 is 2.47 bits per heavy atom. The summed E-state index contributed by atoms with van der Waals surface area (Å²) in [6, 6.07) is 22.5. The zero-order valence-electron chi connectivity index (χ0n) is 17.4. The highest BCUT2D eigenvalue weighted by Gasteiger charge is 2.08. The molecule has 0 saturated heterocycles. The van der Waals surface area contributed by atoms with Gasteiger partial charge in [-0.2, -0.15) is 0 Å².